The molecular weight excluding hydrogens is 270 g/mol. The highest BCUT2D eigenvalue weighted by Gasteiger charge is 2.20. The average Bonchev–Trinajstić information content (AvgIpc) is 3.00. The van der Waals surface area contributed by atoms with Gasteiger partial charge in [-0.1, -0.05) is 0 Å². The monoisotopic (exact) mass is 287 g/mol. The number of hydrogen-bond acceptors (Lipinski definition) is 5. The van der Waals surface area contributed by atoms with Gasteiger partial charge in [-0.25, -0.2) is 4.98 Å². The van der Waals surface area contributed by atoms with Crippen LogP contribution in [0.4, 0.5) is 0 Å². The fourth-order valence-electron chi connectivity index (χ4n) is 2.47. The molecule has 1 aliphatic rings. The molecule has 0 saturated carbocycles. The molecular formula is C14H17N5O2. The Kier molecular flexibility index (Phi) is 3.81. The third-order valence-corrected chi connectivity index (χ3v) is 3.68. The minimum absolute atomic E-state index is 0.209. The van der Waals surface area contributed by atoms with Crippen molar-refractivity contribution in [1.82, 2.24) is 25.1 Å². The van der Waals surface area contributed by atoms with Gasteiger partial charge in [0.25, 0.3) is 5.91 Å². The van der Waals surface area contributed by atoms with Crippen molar-refractivity contribution in [3.05, 3.63) is 36.0 Å². The first kappa shape index (κ1) is 13.5. The molecule has 2 aromatic heterocycles. The Balaban J connectivity index is 1.54. The lowest BCUT2D eigenvalue weighted by Crippen LogP contribution is -2.33. The molecule has 0 fully saturated rings. The largest absolute Gasteiger partial charge is 0.480 e. The first-order valence-electron chi connectivity index (χ1n) is 6.92. The van der Waals surface area contributed by atoms with Crippen LogP contribution in [0.15, 0.2) is 24.5 Å². The Morgan fingerprint density at radius 2 is 2.38 bits per heavy atom. The van der Waals surface area contributed by atoms with E-state index in [1.807, 2.05) is 12.4 Å². The lowest BCUT2D eigenvalue weighted by molar-refractivity contribution is 0.0938. The van der Waals surface area contributed by atoms with Crippen molar-refractivity contribution >= 4 is 5.91 Å². The Bertz CT molecular complexity index is 623. The summed E-state index contributed by atoms with van der Waals surface area (Å²) in [5.74, 6) is 1.68. The second kappa shape index (κ2) is 5.90. The first-order chi connectivity index (χ1) is 10.3. The predicted molar refractivity (Wildman–Crippen MR) is 75.0 cm³/mol. The SMILES string of the molecule is COc1ccc(C(=O)NC[C@H]2CCn3ccnc3C2)nn1. The van der Waals surface area contributed by atoms with E-state index in [4.69, 9.17) is 4.74 Å². The van der Waals surface area contributed by atoms with Gasteiger partial charge in [0.2, 0.25) is 5.88 Å². The Hall–Kier alpha value is -2.44. The zero-order valence-electron chi connectivity index (χ0n) is 11.8. The van der Waals surface area contributed by atoms with Gasteiger partial charge in [-0.05, 0) is 18.4 Å². The number of imidazole rings is 1. The second-order valence-corrected chi connectivity index (χ2v) is 5.07. The summed E-state index contributed by atoms with van der Waals surface area (Å²) in [7, 11) is 1.51. The van der Waals surface area contributed by atoms with Crippen molar-refractivity contribution in [1.29, 1.82) is 0 Å². The smallest absolute Gasteiger partial charge is 0.271 e. The Morgan fingerprint density at radius 1 is 1.48 bits per heavy atom. The summed E-state index contributed by atoms with van der Waals surface area (Å²) in [5.41, 5.74) is 0.299. The van der Waals surface area contributed by atoms with E-state index in [1.54, 1.807) is 12.1 Å². The van der Waals surface area contributed by atoms with Gasteiger partial charge in [0.15, 0.2) is 5.69 Å². The molecule has 0 saturated heterocycles. The van der Waals surface area contributed by atoms with Crippen LogP contribution >= 0.6 is 0 Å². The van der Waals surface area contributed by atoms with Crippen molar-refractivity contribution in [2.75, 3.05) is 13.7 Å². The molecule has 110 valence electrons. The molecule has 7 nitrogen and oxygen atoms in total. The summed E-state index contributed by atoms with van der Waals surface area (Å²) in [5, 5.41) is 10.5. The van der Waals surface area contributed by atoms with Gasteiger partial charge in [0.05, 0.1) is 7.11 Å². The van der Waals surface area contributed by atoms with Gasteiger partial charge in [-0.15, -0.1) is 10.2 Å². The number of aromatic nitrogens is 4. The first-order valence-corrected chi connectivity index (χ1v) is 6.92. The van der Waals surface area contributed by atoms with Crippen LogP contribution in [0, 0.1) is 5.92 Å². The highest BCUT2D eigenvalue weighted by molar-refractivity contribution is 5.92. The molecule has 0 spiro atoms. The van der Waals surface area contributed by atoms with Crippen LogP contribution in [0.3, 0.4) is 0 Å². The van der Waals surface area contributed by atoms with Gasteiger partial charge >= 0.3 is 0 Å². The van der Waals surface area contributed by atoms with Gasteiger partial charge < -0.3 is 14.6 Å². The highest BCUT2D eigenvalue weighted by Crippen LogP contribution is 2.18. The number of aryl methyl sites for hydroxylation is 1. The number of methoxy groups -OCH3 is 1. The van der Waals surface area contributed by atoms with Crippen LogP contribution in [0.1, 0.15) is 22.7 Å². The number of nitrogens with zero attached hydrogens (tertiary/aromatic N) is 4. The number of ether oxygens (including phenoxy) is 1. The maximum Gasteiger partial charge on any atom is 0.271 e. The van der Waals surface area contributed by atoms with E-state index in [-0.39, 0.29) is 5.91 Å². The lowest BCUT2D eigenvalue weighted by Gasteiger charge is -2.23. The van der Waals surface area contributed by atoms with Crippen molar-refractivity contribution in [3.8, 4) is 5.88 Å². The predicted octanol–water partition coefficient (Wildman–Crippen LogP) is 0.674. The van der Waals surface area contributed by atoms with Gasteiger partial charge in [0, 0.05) is 38.0 Å². The normalized spacial score (nSPS) is 17.1. The molecule has 7 heteroatoms. The standard InChI is InChI=1S/C14H17N5O2/c1-21-13-3-2-11(17-18-13)14(20)16-9-10-4-6-19-7-5-15-12(19)8-10/h2-3,5,7,10H,4,6,8-9H2,1H3,(H,16,20)/t10-/m0/s1. The molecule has 0 unspecified atom stereocenters. The molecule has 1 atom stereocenters. The summed E-state index contributed by atoms with van der Waals surface area (Å²) >= 11 is 0. The van der Waals surface area contributed by atoms with Crippen LogP contribution < -0.4 is 10.1 Å². The second-order valence-electron chi connectivity index (χ2n) is 5.07. The topological polar surface area (TPSA) is 81.9 Å². The number of rotatable bonds is 4. The molecule has 0 aromatic carbocycles. The van der Waals surface area contributed by atoms with E-state index in [2.05, 4.69) is 25.1 Å². The maximum atomic E-state index is 12.0. The van der Waals surface area contributed by atoms with E-state index >= 15 is 0 Å². The fraction of sp³-hybridized carbons (Fsp3) is 0.429. The molecule has 21 heavy (non-hydrogen) atoms. The summed E-state index contributed by atoms with van der Waals surface area (Å²) in [6, 6.07) is 3.23. The van der Waals surface area contributed by atoms with Crippen molar-refractivity contribution < 1.29 is 9.53 Å². The number of hydrogen-bond donors (Lipinski definition) is 1. The quantitative estimate of drug-likeness (QED) is 0.894. The molecule has 1 aliphatic heterocycles. The minimum atomic E-state index is -0.209. The maximum absolute atomic E-state index is 12.0. The van der Waals surface area contributed by atoms with Crippen LogP contribution in [0.25, 0.3) is 0 Å². The van der Waals surface area contributed by atoms with Crippen LogP contribution in [-0.4, -0.2) is 39.3 Å². The summed E-state index contributed by atoms with van der Waals surface area (Å²) in [6.45, 7) is 1.58. The number of fused-ring (bicyclic) bond motifs is 1. The third-order valence-electron chi connectivity index (χ3n) is 3.68. The summed E-state index contributed by atoms with van der Waals surface area (Å²) in [4.78, 5) is 16.3. The van der Waals surface area contributed by atoms with E-state index in [0.717, 1.165) is 25.2 Å². The number of amides is 1. The summed E-state index contributed by atoms with van der Waals surface area (Å²) < 4.78 is 7.08. The summed E-state index contributed by atoms with van der Waals surface area (Å²) in [6.07, 6.45) is 5.75. The molecule has 0 bridgehead atoms. The molecule has 1 N–H and O–H groups in total. The third kappa shape index (κ3) is 3.01. The van der Waals surface area contributed by atoms with Gasteiger partial charge in [-0.2, -0.15) is 0 Å². The van der Waals surface area contributed by atoms with E-state index in [9.17, 15) is 4.79 Å². The van der Waals surface area contributed by atoms with E-state index < -0.39 is 0 Å². The number of nitrogens with one attached hydrogen (secondary N) is 1. The number of carbonyl (C=O) groups excluding carboxylic acids is 1. The number of carbonyl (C=O) groups is 1. The zero-order chi connectivity index (χ0) is 14.7. The molecule has 3 rings (SSSR count). The Labute approximate surface area is 122 Å². The molecule has 3 heterocycles. The van der Waals surface area contributed by atoms with E-state index in [0.29, 0.717) is 24.0 Å². The van der Waals surface area contributed by atoms with Gasteiger partial charge in [0.1, 0.15) is 5.82 Å². The average molecular weight is 287 g/mol. The zero-order valence-corrected chi connectivity index (χ0v) is 11.8. The minimum Gasteiger partial charge on any atom is -0.480 e. The van der Waals surface area contributed by atoms with Crippen LogP contribution in [-0.2, 0) is 13.0 Å². The fourth-order valence-corrected chi connectivity index (χ4v) is 2.47. The van der Waals surface area contributed by atoms with Crippen LogP contribution in [0.5, 0.6) is 5.88 Å². The van der Waals surface area contributed by atoms with Crippen LogP contribution in [0.2, 0.25) is 0 Å². The van der Waals surface area contributed by atoms with Crippen molar-refractivity contribution in [2.24, 2.45) is 5.92 Å². The molecule has 0 aliphatic carbocycles. The molecule has 1 amide bonds. The van der Waals surface area contributed by atoms with Crippen molar-refractivity contribution in [2.45, 2.75) is 19.4 Å². The van der Waals surface area contributed by atoms with Gasteiger partial charge in [-0.3, -0.25) is 4.79 Å². The molecule has 2 aromatic rings. The molecule has 0 radical (unpaired) electrons. The Morgan fingerprint density at radius 3 is 3.14 bits per heavy atom. The lowest BCUT2D eigenvalue weighted by atomic mass is 9.98. The highest BCUT2D eigenvalue weighted by atomic mass is 16.5. The van der Waals surface area contributed by atoms with Crippen molar-refractivity contribution in [3.63, 3.8) is 0 Å². The van der Waals surface area contributed by atoms with E-state index in [1.165, 1.54) is 7.11 Å².